The Hall–Kier alpha value is -4.46. The van der Waals surface area contributed by atoms with E-state index in [-0.39, 0.29) is 23.9 Å². The Morgan fingerprint density at radius 3 is 1.39 bits per heavy atom. The molecule has 0 saturated heterocycles. The second-order valence-electron chi connectivity index (χ2n) is 8.74. The SMILES string of the molecule is O=C(NC1CCCCC1NC(=O)c1ccc(-c2ccccn2)nc1)c1ccc(-c2ccccn2)nc1. The molecule has 1 saturated carbocycles. The average Bonchev–Trinajstić information content (AvgIpc) is 2.95. The highest BCUT2D eigenvalue weighted by Crippen LogP contribution is 2.21. The minimum atomic E-state index is -0.206. The molecule has 2 atom stereocenters. The zero-order valence-corrected chi connectivity index (χ0v) is 19.7. The van der Waals surface area contributed by atoms with Crippen LogP contribution in [0.4, 0.5) is 0 Å². The summed E-state index contributed by atoms with van der Waals surface area (Å²) in [5.41, 5.74) is 3.86. The number of rotatable bonds is 6. The number of carbonyl (C=O) groups is 2. The number of pyridine rings is 4. The highest BCUT2D eigenvalue weighted by Gasteiger charge is 2.28. The Morgan fingerprint density at radius 2 is 1.03 bits per heavy atom. The summed E-state index contributed by atoms with van der Waals surface area (Å²) in [7, 11) is 0. The van der Waals surface area contributed by atoms with Gasteiger partial charge in [0.05, 0.1) is 33.9 Å². The molecular weight excluding hydrogens is 452 g/mol. The first kappa shape index (κ1) is 23.3. The third-order valence-corrected chi connectivity index (χ3v) is 6.30. The fourth-order valence-electron chi connectivity index (χ4n) is 4.37. The molecule has 4 aromatic heterocycles. The first-order valence-electron chi connectivity index (χ1n) is 12.0. The van der Waals surface area contributed by atoms with Crippen molar-refractivity contribution < 1.29 is 9.59 Å². The Kier molecular flexibility index (Phi) is 7.02. The van der Waals surface area contributed by atoms with Crippen molar-refractivity contribution in [2.45, 2.75) is 37.8 Å². The van der Waals surface area contributed by atoms with E-state index in [4.69, 9.17) is 0 Å². The maximum absolute atomic E-state index is 12.9. The zero-order valence-electron chi connectivity index (χ0n) is 19.7. The van der Waals surface area contributed by atoms with Crippen molar-refractivity contribution in [2.75, 3.05) is 0 Å². The fourth-order valence-corrected chi connectivity index (χ4v) is 4.37. The molecule has 180 valence electrons. The monoisotopic (exact) mass is 478 g/mol. The second-order valence-corrected chi connectivity index (χ2v) is 8.74. The normalized spacial score (nSPS) is 17.2. The lowest BCUT2D eigenvalue weighted by Crippen LogP contribution is -2.53. The summed E-state index contributed by atoms with van der Waals surface area (Å²) in [5.74, 6) is -0.412. The summed E-state index contributed by atoms with van der Waals surface area (Å²) in [4.78, 5) is 43.2. The van der Waals surface area contributed by atoms with Crippen LogP contribution in [-0.2, 0) is 0 Å². The first-order chi connectivity index (χ1) is 17.7. The van der Waals surface area contributed by atoms with Gasteiger partial charge in [-0.05, 0) is 61.4 Å². The Balaban J connectivity index is 1.22. The predicted molar refractivity (Wildman–Crippen MR) is 136 cm³/mol. The van der Waals surface area contributed by atoms with Crippen LogP contribution in [0.2, 0.25) is 0 Å². The molecule has 0 aliphatic heterocycles. The second kappa shape index (κ2) is 10.9. The van der Waals surface area contributed by atoms with Crippen LogP contribution in [-0.4, -0.2) is 43.8 Å². The van der Waals surface area contributed by atoms with Crippen molar-refractivity contribution in [1.29, 1.82) is 0 Å². The van der Waals surface area contributed by atoms with Gasteiger partial charge in [0, 0.05) is 36.9 Å². The largest absolute Gasteiger partial charge is 0.347 e. The minimum absolute atomic E-state index is 0.161. The highest BCUT2D eigenvalue weighted by atomic mass is 16.2. The fraction of sp³-hybridized carbons (Fsp3) is 0.214. The molecule has 2 unspecified atom stereocenters. The number of nitrogens with one attached hydrogen (secondary N) is 2. The van der Waals surface area contributed by atoms with E-state index in [0.717, 1.165) is 37.1 Å². The van der Waals surface area contributed by atoms with Crippen molar-refractivity contribution in [3.8, 4) is 22.8 Å². The lowest BCUT2D eigenvalue weighted by molar-refractivity contribution is 0.0862. The molecule has 8 nitrogen and oxygen atoms in total. The lowest BCUT2D eigenvalue weighted by atomic mass is 9.89. The molecule has 1 aliphatic rings. The molecule has 1 aliphatic carbocycles. The van der Waals surface area contributed by atoms with E-state index < -0.39 is 0 Å². The maximum Gasteiger partial charge on any atom is 0.253 e. The molecule has 0 bridgehead atoms. The van der Waals surface area contributed by atoms with Gasteiger partial charge in [0.2, 0.25) is 0 Å². The number of carbonyl (C=O) groups excluding carboxylic acids is 2. The van der Waals surface area contributed by atoms with E-state index in [1.165, 1.54) is 0 Å². The number of hydrogen-bond donors (Lipinski definition) is 2. The topological polar surface area (TPSA) is 110 Å². The van der Waals surface area contributed by atoms with Crippen LogP contribution in [0.25, 0.3) is 22.8 Å². The number of amides is 2. The molecule has 8 heteroatoms. The van der Waals surface area contributed by atoms with Gasteiger partial charge >= 0.3 is 0 Å². The Bertz CT molecular complexity index is 1210. The van der Waals surface area contributed by atoms with Crippen molar-refractivity contribution in [3.05, 3.63) is 96.6 Å². The molecule has 36 heavy (non-hydrogen) atoms. The molecule has 2 amide bonds. The van der Waals surface area contributed by atoms with Crippen LogP contribution < -0.4 is 10.6 Å². The third kappa shape index (κ3) is 5.43. The van der Waals surface area contributed by atoms with Gasteiger partial charge in [0.25, 0.3) is 11.8 Å². The summed E-state index contributed by atoms with van der Waals surface area (Å²) in [5, 5.41) is 6.20. The van der Waals surface area contributed by atoms with E-state index >= 15 is 0 Å². The summed E-state index contributed by atoms with van der Waals surface area (Å²) < 4.78 is 0. The smallest absolute Gasteiger partial charge is 0.253 e. The maximum atomic E-state index is 12.9. The van der Waals surface area contributed by atoms with Crippen LogP contribution in [0.5, 0.6) is 0 Å². The lowest BCUT2D eigenvalue weighted by Gasteiger charge is -2.32. The van der Waals surface area contributed by atoms with Gasteiger partial charge in [-0.3, -0.25) is 29.5 Å². The van der Waals surface area contributed by atoms with Gasteiger partial charge in [-0.15, -0.1) is 0 Å². The Labute approximate surface area is 209 Å². The van der Waals surface area contributed by atoms with Crippen molar-refractivity contribution >= 4 is 11.8 Å². The summed E-state index contributed by atoms with van der Waals surface area (Å²) in [6, 6.07) is 18.0. The van der Waals surface area contributed by atoms with Crippen molar-refractivity contribution in [2.24, 2.45) is 0 Å². The van der Waals surface area contributed by atoms with E-state index in [1.807, 2.05) is 36.4 Å². The molecule has 0 aromatic carbocycles. The number of aromatic nitrogens is 4. The van der Waals surface area contributed by atoms with E-state index in [2.05, 4.69) is 30.6 Å². The molecular formula is C28H26N6O2. The van der Waals surface area contributed by atoms with Crippen LogP contribution in [0, 0.1) is 0 Å². The summed E-state index contributed by atoms with van der Waals surface area (Å²) in [6.07, 6.45) is 10.1. The third-order valence-electron chi connectivity index (χ3n) is 6.30. The average molecular weight is 479 g/mol. The molecule has 4 heterocycles. The molecule has 0 radical (unpaired) electrons. The summed E-state index contributed by atoms with van der Waals surface area (Å²) in [6.45, 7) is 0. The van der Waals surface area contributed by atoms with E-state index in [9.17, 15) is 9.59 Å². The molecule has 4 aromatic rings. The van der Waals surface area contributed by atoms with Gasteiger partial charge in [0.1, 0.15) is 0 Å². The van der Waals surface area contributed by atoms with Gasteiger partial charge in [-0.1, -0.05) is 25.0 Å². The predicted octanol–water partition coefficient (Wildman–Crippen LogP) is 4.07. The number of hydrogen-bond acceptors (Lipinski definition) is 6. The van der Waals surface area contributed by atoms with E-state index in [0.29, 0.717) is 22.5 Å². The quantitative estimate of drug-likeness (QED) is 0.432. The van der Waals surface area contributed by atoms with Gasteiger partial charge in [-0.2, -0.15) is 0 Å². The molecule has 5 rings (SSSR count). The molecule has 0 spiro atoms. The Morgan fingerprint density at radius 1 is 0.583 bits per heavy atom. The molecule has 1 fully saturated rings. The van der Waals surface area contributed by atoms with Crippen LogP contribution >= 0.6 is 0 Å². The van der Waals surface area contributed by atoms with Gasteiger partial charge in [0.15, 0.2) is 0 Å². The van der Waals surface area contributed by atoms with Crippen LogP contribution in [0.1, 0.15) is 46.4 Å². The first-order valence-corrected chi connectivity index (χ1v) is 12.0. The standard InChI is InChI=1S/C28H26N6O2/c35-27(19-11-13-23(31-17-19)21-7-3-5-15-29-21)33-25-9-1-2-10-26(25)34-28(36)20-12-14-24(32-18-20)22-8-4-6-16-30-22/h3-8,11-18,25-26H,1-2,9-10H2,(H,33,35)(H,34,36). The minimum Gasteiger partial charge on any atom is -0.347 e. The van der Waals surface area contributed by atoms with Gasteiger partial charge in [-0.25, -0.2) is 0 Å². The van der Waals surface area contributed by atoms with E-state index in [1.54, 1.807) is 49.1 Å². The summed E-state index contributed by atoms with van der Waals surface area (Å²) >= 11 is 0. The van der Waals surface area contributed by atoms with Crippen LogP contribution in [0.15, 0.2) is 85.5 Å². The zero-order chi connectivity index (χ0) is 24.7. The van der Waals surface area contributed by atoms with Crippen molar-refractivity contribution in [1.82, 2.24) is 30.6 Å². The number of nitrogens with zero attached hydrogens (tertiary/aromatic N) is 4. The van der Waals surface area contributed by atoms with Crippen molar-refractivity contribution in [3.63, 3.8) is 0 Å². The van der Waals surface area contributed by atoms with Crippen LogP contribution in [0.3, 0.4) is 0 Å². The highest BCUT2D eigenvalue weighted by molar-refractivity contribution is 5.95. The van der Waals surface area contributed by atoms with Gasteiger partial charge < -0.3 is 10.6 Å². The molecule has 2 N–H and O–H groups in total.